The summed E-state index contributed by atoms with van der Waals surface area (Å²) < 4.78 is 0. The fourth-order valence-electron chi connectivity index (χ4n) is 3.84. The van der Waals surface area contributed by atoms with Gasteiger partial charge in [-0.05, 0) is 172 Å². The minimum Gasteiger partial charge on any atom is -0.405 e. The Kier molecular flexibility index (Phi) is 282. The van der Waals surface area contributed by atoms with Crippen LogP contribution in [0.25, 0.3) is 0 Å². The zero-order chi connectivity index (χ0) is 61.8. The molecule has 4 fully saturated rings. The maximum atomic E-state index is 5.24. The van der Waals surface area contributed by atoms with Crippen LogP contribution in [0.3, 0.4) is 0 Å². The highest BCUT2D eigenvalue weighted by Crippen LogP contribution is 2.29. The molecule has 22 nitrogen and oxygen atoms in total. The quantitative estimate of drug-likeness (QED) is 0.187. The molecule has 76 heavy (non-hydrogen) atoms. The highest BCUT2D eigenvalue weighted by molar-refractivity contribution is 4.93. The minimum absolute atomic E-state index is 0. The summed E-state index contributed by atoms with van der Waals surface area (Å²) in [7, 11) is 4.50. The van der Waals surface area contributed by atoms with Gasteiger partial charge in [0, 0.05) is 76.5 Å². The van der Waals surface area contributed by atoms with Crippen LogP contribution in [-0.4, -0.2) is 75.1 Å². The molecule has 0 bridgehead atoms. The first-order valence-electron chi connectivity index (χ1n) is 23.1. The highest BCUT2D eigenvalue weighted by atomic mass is 15.1. The van der Waals surface area contributed by atoms with Crippen LogP contribution in [0, 0.1) is 5.92 Å². The Balaban J connectivity index is -0.0000000331. The summed E-state index contributed by atoms with van der Waals surface area (Å²) in [5.41, 5.74) is 89.6. The van der Waals surface area contributed by atoms with Gasteiger partial charge in [-0.15, -0.1) is 0 Å². The van der Waals surface area contributed by atoms with E-state index in [2.05, 4.69) is 186 Å². The number of allylic oxidation sites excluding steroid dienone is 1. The standard InChI is InChI=1S/2C7H14N2.C6H12N2.C5H9N.12C2H5N.3CH5N.2CH4/c2*8-4-7-9-5-2-1-3-6-9;7-3-6-8-4-1-2-5-8;6-4-3-5-1-2-5;12*1-2-3;3*1-2;;/h2*4,7H,1-3,5-6,8H2;3,6H,1-2,4-5,7H2;3-5H,1-2,6H2;12*2H,1,3H2;3*2H2,1H3;2*1H4. The third-order valence-electron chi connectivity index (χ3n) is 5.82. The van der Waals surface area contributed by atoms with Gasteiger partial charge in [-0.2, -0.15) is 0 Å². The number of likely N-dealkylation sites (tertiary alicyclic amines) is 3. The number of nitrogens with two attached hydrogens (primary N) is 19. The summed E-state index contributed by atoms with van der Waals surface area (Å²) in [4.78, 5) is 6.77. The van der Waals surface area contributed by atoms with Gasteiger partial charge in [0.15, 0.2) is 0 Å². The Hall–Kier alpha value is -8.08. The van der Waals surface area contributed by atoms with E-state index in [9.17, 15) is 0 Å². The van der Waals surface area contributed by atoms with Crippen LogP contribution in [0.1, 0.15) is 79.1 Å². The van der Waals surface area contributed by atoms with Crippen LogP contribution in [0.4, 0.5) is 0 Å². The molecule has 3 aliphatic heterocycles. The van der Waals surface area contributed by atoms with Crippen LogP contribution in [-0.2, 0) is 0 Å². The highest BCUT2D eigenvalue weighted by Gasteiger charge is 2.16. The monoisotopic (exact) mass is 1090 g/mol. The SMILES string of the molecule is C.C.C=CN.C=CN.C=CN.C=CN.C=CN.C=CN.C=CN.C=CN.C=CN.C=CN.C=CN.C=CN.CN.CN.CN.NC=CC1CC1.NC=CN1CCCC1.NC=CN1CCCCC1.NC=CN1CCCCC1. The van der Waals surface area contributed by atoms with Crippen molar-refractivity contribution in [2.75, 3.05) is 60.4 Å². The summed E-state index contributed by atoms with van der Waals surface area (Å²) in [6.07, 6.45) is 42.8. The van der Waals surface area contributed by atoms with Crippen LogP contribution >= 0.6 is 0 Å². The van der Waals surface area contributed by atoms with Crippen molar-refractivity contribution >= 4 is 0 Å². The second-order valence-corrected chi connectivity index (χ2v) is 11.5. The first-order chi connectivity index (χ1) is 35.7. The Morgan fingerprint density at radius 1 is 0.263 bits per heavy atom. The smallest absolute Gasteiger partial charge is 0.0173 e. The predicted molar refractivity (Wildman–Crippen MR) is 354 cm³/mol. The van der Waals surface area contributed by atoms with E-state index in [4.69, 9.17) is 22.9 Å². The van der Waals surface area contributed by atoms with Gasteiger partial charge < -0.3 is 124 Å². The molecule has 0 aromatic heterocycles. The van der Waals surface area contributed by atoms with E-state index in [0.717, 1.165) is 5.92 Å². The van der Waals surface area contributed by atoms with Crippen LogP contribution < -0.4 is 109 Å². The lowest BCUT2D eigenvalue weighted by molar-refractivity contribution is 0.309. The molecule has 0 spiro atoms. The second-order valence-electron chi connectivity index (χ2n) is 11.5. The van der Waals surface area contributed by atoms with Crippen molar-refractivity contribution in [3.05, 3.63) is 203 Å². The molecule has 458 valence electrons. The maximum absolute atomic E-state index is 5.24. The summed E-state index contributed by atoms with van der Waals surface area (Å²) >= 11 is 0. The molecule has 0 radical (unpaired) electrons. The fraction of sp³-hybridized carbons (Fsp3) is 0.407. The number of hydrogen-bond acceptors (Lipinski definition) is 22. The fourth-order valence-corrected chi connectivity index (χ4v) is 3.84. The van der Waals surface area contributed by atoms with Crippen LogP contribution in [0.2, 0.25) is 0 Å². The average molecular weight is 1090 g/mol. The molecule has 1 saturated carbocycles. The lowest BCUT2D eigenvalue weighted by atomic mass is 10.1. The molecule has 38 N–H and O–H groups in total. The molecule has 4 rings (SSSR count). The summed E-state index contributed by atoms with van der Waals surface area (Å²) in [5.74, 6) is 0.843. The van der Waals surface area contributed by atoms with Crippen molar-refractivity contribution in [3.8, 4) is 0 Å². The van der Waals surface area contributed by atoms with E-state index < -0.39 is 0 Å². The van der Waals surface area contributed by atoms with Gasteiger partial charge in [0.1, 0.15) is 0 Å². The van der Waals surface area contributed by atoms with Crippen LogP contribution in [0.5, 0.6) is 0 Å². The number of rotatable bonds is 4. The zero-order valence-electron chi connectivity index (χ0n) is 47.2. The summed E-state index contributed by atoms with van der Waals surface area (Å²) in [5, 5.41) is 0. The molecule has 22 heteroatoms. The van der Waals surface area contributed by atoms with E-state index in [1.165, 1.54) is 199 Å². The van der Waals surface area contributed by atoms with Crippen molar-refractivity contribution in [1.82, 2.24) is 14.7 Å². The first-order valence-corrected chi connectivity index (χ1v) is 23.1. The molecular formula is C54H132N22. The minimum atomic E-state index is 0. The van der Waals surface area contributed by atoms with Gasteiger partial charge in [-0.1, -0.05) is 99.9 Å². The van der Waals surface area contributed by atoms with E-state index in [1.54, 1.807) is 24.8 Å². The van der Waals surface area contributed by atoms with Crippen LogP contribution in [0.15, 0.2) is 203 Å². The number of piperidine rings is 2. The molecule has 0 unspecified atom stereocenters. The van der Waals surface area contributed by atoms with Crippen molar-refractivity contribution in [2.45, 2.75) is 79.1 Å². The summed E-state index contributed by atoms with van der Waals surface area (Å²) in [6, 6.07) is 0. The largest absolute Gasteiger partial charge is 0.405 e. The van der Waals surface area contributed by atoms with E-state index in [0.29, 0.717) is 0 Å². The number of hydrogen-bond donors (Lipinski definition) is 19. The molecule has 3 heterocycles. The predicted octanol–water partition coefficient (Wildman–Crippen LogP) is 4.25. The first kappa shape index (κ1) is 117. The third-order valence-corrected chi connectivity index (χ3v) is 5.82. The van der Waals surface area contributed by atoms with E-state index in [-0.39, 0.29) is 14.9 Å². The van der Waals surface area contributed by atoms with Gasteiger partial charge in [0.05, 0.1) is 0 Å². The normalized spacial score (nSPS) is 11.1. The second kappa shape index (κ2) is 182. The Labute approximate surface area is 470 Å². The van der Waals surface area contributed by atoms with Gasteiger partial charge in [0.25, 0.3) is 0 Å². The lowest BCUT2D eigenvalue weighted by Crippen LogP contribution is -2.24. The topological polar surface area (TPSA) is 504 Å². The van der Waals surface area contributed by atoms with Crippen molar-refractivity contribution in [2.24, 2.45) is 115 Å². The molecule has 1 aliphatic carbocycles. The summed E-state index contributed by atoms with van der Waals surface area (Å²) in [6.45, 7) is 44.8. The zero-order valence-corrected chi connectivity index (χ0v) is 47.2. The maximum Gasteiger partial charge on any atom is 0.0173 e. The Morgan fingerprint density at radius 3 is 0.487 bits per heavy atom. The Bertz CT molecular complexity index is 923. The molecule has 0 aromatic rings. The average Bonchev–Trinajstić information content (AvgIpc) is 4.06. The molecule has 0 amide bonds. The molecular weight excluding hydrogens is 957 g/mol. The lowest BCUT2D eigenvalue weighted by Gasteiger charge is -2.24. The van der Waals surface area contributed by atoms with Crippen molar-refractivity contribution in [3.63, 3.8) is 0 Å². The molecule has 3 saturated heterocycles. The Morgan fingerprint density at radius 2 is 0.395 bits per heavy atom. The molecule has 0 atom stereocenters. The van der Waals surface area contributed by atoms with Crippen molar-refractivity contribution < 1.29 is 0 Å². The third kappa shape index (κ3) is 310. The van der Waals surface area contributed by atoms with Gasteiger partial charge >= 0.3 is 0 Å². The van der Waals surface area contributed by atoms with E-state index >= 15 is 0 Å². The van der Waals surface area contributed by atoms with Gasteiger partial charge in [-0.3, -0.25) is 0 Å². The molecule has 0 aromatic carbocycles. The van der Waals surface area contributed by atoms with Gasteiger partial charge in [-0.25, -0.2) is 0 Å². The van der Waals surface area contributed by atoms with Gasteiger partial charge in [0.2, 0.25) is 0 Å². The van der Waals surface area contributed by atoms with Crippen molar-refractivity contribution in [1.29, 1.82) is 0 Å². The number of nitrogens with zero attached hydrogens (tertiary/aromatic N) is 3. The van der Waals surface area contributed by atoms with E-state index in [1.807, 2.05) is 18.6 Å². The molecule has 4 aliphatic rings.